The molecule has 1 N–H and O–H groups in total. The summed E-state index contributed by atoms with van der Waals surface area (Å²) in [5.74, 6) is -6.56. The van der Waals surface area contributed by atoms with Gasteiger partial charge < -0.3 is 10.1 Å². The normalized spacial score (nSPS) is 12.4. The van der Waals surface area contributed by atoms with Crippen LogP contribution in [-0.2, 0) is 12.1 Å². The number of Topliss-reactive ketones (excluding diaryl/α,β-unsaturated/α-hetero) is 1. The van der Waals surface area contributed by atoms with E-state index in [2.05, 4.69) is 4.74 Å². The zero-order chi connectivity index (χ0) is 31.8. The number of carbonyl (C=O) groups is 2. The minimum absolute atomic E-state index is 0.0499. The number of hydrogen-bond acceptors (Lipinski definition) is 3. The first kappa shape index (κ1) is 32.9. The molecule has 0 aliphatic heterocycles. The Bertz CT molecular complexity index is 1510. The minimum Gasteiger partial charge on any atom is -0.434 e. The molecule has 0 heterocycles. The number of rotatable bonds is 8. The van der Waals surface area contributed by atoms with Crippen molar-refractivity contribution < 1.29 is 62.6 Å². The average molecular weight is 654 g/mol. The molecule has 0 aliphatic carbocycles. The first-order valence-electron chi connectivity index (χ1n) is 11.0. The third-order valence-corrected chi connectivity index (χ3v) is 6.18. The molecule has 0 atom stereocenters. The van der Waals surface area contributed by atoms with E-state index in [-0.39, 0.29) is 17.2 Å². The van der Waals surface area contributed by atoms with Crippen LogP contribution in [0.2, 0.25) is 10.0 Å². The Hall–Kier alpha value is -3.59. The second kappa shape index (κ2) is 12.0. The number of carbonyl (C=O) groups excluding carboxylic acids is 2. The molecule has 0 aromatic heterocycles. The predicted molar refractivity (Wildman–Crippen MR) is 127 cm³/mol. The summed E-state index contributed by atoms with van der Waals surface area (Å²) in [4.78, 5) is 25.3. The number of benzene rings is 3. The zero-order valence-corrected chi connectivity index (χ0v) is 21.6. The Kier molecular flexibility index (Phi) is 9.37. The van der Waals surface area contributed by atoms with Gasteiger partial charge in [-0.05, 0) is 42.5 Å². The van der Waals surface area contributed by atoms with Gasteiger partial charge in [0.25, 0.3) is 5.91 Å². The van der Waals surface area contributed by atoms with Crippen LogP contribution >= 0.6 is 23.2 Å². The van der Waals surface area contributed by atoms with Gasteiger partial charge >= 0.3 is 24.6 Å². The number of anilines is 1. The van der Waals surface area contributed by atoms with Crippen molar-refractivity contribution in [3.63, 3.8) is 0 Å². The van der Waals surface area contributed by atoms with Gasteiger partial charge in [0, 0.05) is 27.6 Å². The molecule has 4 nitrogen and oxygen atoms in total. The highest BCUT2D eigenvalue weighted by Gasteiger charge is 2.73. The maximum absolute atomic E-state index is 15.1. The van der Waals surface area contributed by atoms with Crippen LogP contribution in [0.1, 0.15) is 31.8 Å². The van der Waals surface area contributed by atoms with Gasteiger partial charge in [-0.2, -0.15) is 35.1 Å². The van der Waals surface area contributed by atoms with Gasteiger partial charge in [-0.1, -0.05) is 29.3 Å². The Morgan fingerprint density at radius 3 is 2.05 bits per heavy atom. The summed E-state index contributed by atoms with van der Waals surface area (Å²) in [7, 11) is 0. The van der Waals surface area contributed by atoms with Crippen LogP contribution in [-0.4, -0.2) is 30.7 Å². The third kappa shape index (κ3) is 6.56. The maximum atomic E-state index is 15.1. The largest absolute Gasteiger partial charge is 0.435 e. The number of nitrogens with one attached hydrogen (secondary N) is 1. The van der Waals surface area contributed by atoms with E-state index in [9.17, 15) is 53.5 Å². The second-order valence-corrected chi connectivity index (χ2v) is 9.16. The van der Waals surface area contributed by atoms with Gasteiger partial charge in [-0.15, -0.1) is 0 Å². The fourth-order valence-corrected chi connectivity index (χ4v) is 4.08. The molecular formula is C25H12Cl2F11NO3. The Morgan fingerprint density at radius 1 is 0.857 bits per heavy atom. The molecular weight excluding hydrogens is 642 g/mol. The highest BCUT2D eigenvalue weighted by molar-refractivity contribution is 6.32. The van der Waals surface area contributed by atoms with Crippen molar-refractivity contribution in [3.05, 3.63) is 92.5 Å². The molecule has 1 amide bonds. The quantitative estimate of drug-likeness (QED) is 0.195. The standard InChI is InChI=1S/C25H12Cl2F11NO3/c26-11-4-5-16(28)14(8-11)21(41)39-17-3-1-2-12(20(17)29)18(40)9-13-15(27)6-10(7-19(13)42-22(30)31)23(32,24(33,34)35)25(36,37)38/h1-8,22H,9H2,(H,39,41). The van der Waals surface area contributed by atoms with Gasteiger partial charge in [0.15, 0.2) is 11.6 Å². The maximum Gasteiger partial charge on any atom is 0.435 e. The average Bonchev–Trinajstić information content (AvgIpc) is 2.86. The molecule has 226 valence electrons. The van der Waals surface area contributed by atoms with Crippen LogP contribution in [0.15, 0.2) is 48.5 Å². The summed E-state index contributed by atoms with van der Waals surface area (Å²) in [6.07, 6.45) is -14.5. The molecule has 3 aromatic carbocycles. The molecule has 0 saturated carbocycles. The molecule has 0 unspecified atom stereocenters. The SMILES string of the molecule is O=C(Nc1cccc(C(=O)Cc2c(Cl)cc(C(F)(C(F)(F)F)C(F)(F)F)cc2OC(F)F)c1F)c1cc(Cl)ccc1F. The lowest BCUT2D eigenvalue weighted by Crippen LogP contribution is -2.50. The molecule has 3 rings (SSSR count). The number of alkyl halides is 9. The van der Waals surface area contributed by atoms with Crippen LogP contribution in [0.5, 0.6) is 5.75 Å². The van der Waals surface area contributed by atoms with E-state index in [1.165, 1.54) is 0 Å². The molecule has 0 saturated heterocycles. The van der Waals surface area contributed by atoms with Crippen LogP contribution in [0.4, 0.5) is 54.0 Å². The van der Waals surface area contributed by atoms with Gasteiger partial charge in [-0.25, -0.2) is 13.2 Å². The van der Waals surface area contributed by atoms with Crippen molar-refractivity contribution in [1.29, 1.82) is 0 Å². The lowest BCUT2D eigenvalue weighted by Gasteiger charge is -2.31. The Morgan fingerprint density at radius 2 is 1.48 bits per heavy atom. The van der Waals surface area contributed by atoms with Crippen molar-refractivity contribution in [2.24, 2.45) is 0 Å². The Balaban J connectivity index is 2.02. The number of amides is 1. The lowest BCUT2D eigenvalue weighted by atomic mass is 9.91. The third-order valence-electron chi connectivity index (χ3n) is 5.61. The Labute approximate surface area is 238 Å². The second-order valence-electron chi connectivity index (χ2n) is 8.31. The van der Waals surface area contributed by atoms with Crippen molar-refractivity contribution >= 4 is 40.6 Å². The molecule has 0 spiro atoms. The lowest BCUT2D eigenvalue weighted by molar-refractivity contribution is -0.348. The number of ether oxygens (including phenoxy) is 1. The van der Waals surface area contributed by atoms with Gasteiger partial charge in [0.2, 0.25) is 0 Å². The van der Waals surface area contributed by atoms with Gasteiger partial charge in [-0.3, -0.25) is 9.59 Å². The van der Waals surface area contributed by atoms with Crippen LogP contribution < -0.4 is 10.1 Å². The molecule has 17 heteroatoms. The fraction of sp³-hybridized carbons (Fsp3) is 0.200. The van der Waals surface area contributed by atoms with E-state index in [1.807, 2.05) is 5.32 Å². The molecule has 3 aromatic rings. The zero-order valence-electron chi connectivity index (χ0n) is 20.0. The molecule has 42 heavy (non-hydrogen) atoms. The summed E-state index contributed by atoms with van der Waals surface area (Å²) in [5, 5.41) is 0.707. The monoisotopic (exact) mass is 653 g/mol. The van der Waals surface area contributed by atoms with Crippen LogP contribution in [0.3, 0.4) is 0 Å². The van der Waals surface area contributed by atoms with E-state index in [0.717, 1.165) is 36.4 Å². The first-order valence-corrected chi connectivity index (χ1v) is 11.7. The summed E-state index contributed by atoms with van der Waals surface area (Å²) in [6.45, 7) is -3.89. The van der Waals surface area contributed by atoms with E-state index < -0.39 is 93.1 Å². The smallest absolute Gasteiger partial charge is 0.434 e. The highest BCUT2D eigenvalue weighted by atomic mass is 35.5. The van der Waals surface area contributed by atoms with Crippen molar-refractivity contribution in [3.8, 4) is 5.75 Å². The van der Waals surface area contributed by atoms with Crippen molar-refractivity contribution in [2.45, 2.75) is 31.1 Å². The number of halogens is 13. The minimum atomic E-state index is -6.63. The molecule has 0 radical (unpaired) electrons. The van der Waals surface area contributed by atoms with E-state index >= 15 is 4.39 Å². The summed E-state index contributed by atoms with van der Waals surface area (Å²) in [5.41, 5.74) is -11.5. The summed E-state index contributed by atoms with van der Waals surface area (Å²) < 4.78 is 153. The van der Waals surface area contributed by atoms with E-state index in [4.69, 9.17) is 23.2 Å². The first-order chi connectivity index (χ1) is 19.3. The van der Waals surface area contributed by atoms with E-state index in [1.54, 1.807) is 0 Å². The van der Waals surface area contributed by atoms with Crippen molar-refractivity contribution in [2.75, 3.05) is 5.32 Å². The summed E-state index contributed by atoms with van der Waals surface area (Å²) in [6, 6.07) is 5.13. The highest BCUT2D eigenvalue weighted by Crippen LogP contribution is 2.54. The van der Waals surface area contributed by atoms with Crippen LogP contribution in [0, 0.1) is 11.6 Å². The van der Waals surface area contributed by atoms with Gasteiger partial charge in [0.1, 0.15) is 11.6 Å². The van der Waals surface area contributed by atoms with Crippen LogP contribution in [0.25, 0.3) is 0 Å². The van der Waals surface area contributed by atoms with Crippen molar-refractivity contribution in [1.82, 2.24) is 0 Å². The van der Waals surface area contributed by atoms with E-state index in [0.29, 0.717) is 0 Å². The predicted octanol–water partition coefficient (Wildman–Crippen LogP) is 8.84. The molecule has 0 fully saturated rings. The molecule has 0 aliphatic rings. The number of hydrogen-bond donors (Lipinski definition) is 1. The fourth-order valence-electron chi connectivity index (χ4n) is 3.63. The van der Waals surface area contributed by atoms with Gasteiger partial charge in [0.05, 0.1) is 16.8 Å². The molecule has 0 bridgehead atoms. The topological polar surface area (TPSA) is 55.4 Å². The summed E-state index contributed by atoms with van der Waals surface area (Å²) >= 11 is 11.4. The number of ketones is 1.